The maximum atomic E-state index is 13.3. The van der Waals surface area contributed by atoms with Crippen LogP contribution in [0.25, 0.3) is 0 Å². The molecule has 1 aromatic rings. The van der Waals surface area contributed by atoms with Crippen molar-refractivity contribution in [1.29, 1.82) is 0 Å². The minimum atomic E-state index is -0.265. The number of halogens is 1. The monoisotopic (exact) mass is 224 g/mol. The van der Waals surface area contributed by atoms with Crippen LogP contribution in [0.4, 0.5) is 10.1 Å². The number of para-hydroxylation sites is 1. The van der Waals surface area contributed by atoms with Crippen molar-refractivity contribution in [2.75, 3.05) is 18.4 Å². The summed E-state index contributed by atoms with van der Waals surface area (Å²) in [5, 5.41) is 3.56. The molecule has 2 nitrogen and oxygen atoms in total. The lowest BCUT2D eigenvalue weighted by Gasteiger charge is -2.19. The van der Waals surface area contributed by atoms with E-state index in [1.807, 2.05) is 0 Å². The van der Waals surface area contributed by atoms with Crippen molar-refractivity contribution in [1.82, 2.24) is 4.90 Å². The Bertz CT molecular complexity index is 361. The minimum absolute atomic E-state index is 0.265. The maximum Gasteiger partial charge on any atom is 0.173 e. The van der Waals surface area contributed by atoms with Crippen molar-refractivity contribution in [3.05, 3.63) is 30.1 Å². The summed E-state index contributed by atoms with van der Waals surface area (Å²) in [6.45, 7) is 1.95. The third kappa shape index (κ3) is 2.45. The van der Waals surface area contributed by atoms with E-state index < -0.39 is 0 Å². The van der Waals surface area contributed by atoms with Gasteiger partial charge in [0.25, 0.3) is 0 Å². The first-order chi connectivity index (χ1) is 7.27. The van der Waals surface area contributed by atoms with Crippen molar-refractivity contribution in [2.45, 2.75) is 12.8 Å². The molecule has 0 bridgehead atoms. The molecular weight excluding hydrogens is 211 g/mol. The molecule has 80 valence electrons. The zero-order chi connectivity index (χ0) is 10.7. The van der Waals surface area contributed by atoms with Gasteiger partial charge < -0.3 is 10.2 Å². The average Bonchev–Trinajstić information content (AvgIpc) is 2.74. The van der Waals surface area contributed by atoms with Gasteiger partial charge in [0, 0.05) is 13.1 Å². The summed E-state index contributed by atoms with van der Waals surface area (Å²) in [6, 6.07) is 6.57. The molecular formula is C11H13FN2S. The Morgan fingerprint density at radius 2 is 1.93 bits per heavy atom. The first kappa shape index (κ1) is 10.4. The largest absolute Gasteiger partial charge is 0.349 e. The molecule has 1 N–H and O–H groups in total. The standard InChI is InChI=1S/C11H13FN2S/c12-9-5-1-2-6-10(9)13-11(15)14-7-3-4-8-14/h1-2,5-6H,3-4,7-8H2,(H,13,15). The van der Waals surface area contributed by atoms with Crippen LogP contribution < -0.4 is 5.32 Å². The van der Waals surface area contributed by atoms with E-state index in [0.717, 1.165) is 13.1 Å². The number of benzene rings is 1. The molecule has 0 unspecified atom stereocenters. The van der Waals surface area contributed by atoms with E-state index in [-0.39, 0.29) is 5.82 Å². The van der Waals surface area contributed by atoms with Gasteiger partial charge in [-0.1, -0.05) is 12.1 Å². The SMILES string of the molecule is Fc1ccccc1NC(=S)N1CCCC1. The molecule has 0 aromatic heterocycles. The second kappa shape index (κ2) is 4.57. The van der Waals surface area contributed by atoms with Crippen LogP contribution in [0.3, 0.4) is 0 Å². The van der Waals surface area contributed by atoms with Gasteiger partial charge in [0.2, 0.25) is 0 Å². The molecule has 2 rings (SSSR count). The van der Waals surface area contributed by atoms with Crippen LogP contribution in [-0.4, -0.2) is 23.1 Å². The summed E-state index contributed by atoms with van der Waals surface area (Å²) in [7, 11) is 0. The molecule has 1 heterocycles. The summed E-state index contributed by atoms with van der Waals surface area (Å²) >= 11 is 5.20. The second-order valence-electron chi connectivity index (χ2n) is 3.60. The highest BCUT2D eigenvalue weighted by molar-refractivity contribution is 7.80. The molecule has 1 aliphatic heterocycles. The van der Waals surface area contributed by atoms with Crippen LogP contribution in [-0.2, 0) is 0 Å². The lowest BCUT2D eigenvalue weighted by Crippen LogP contribution is -2.32. The van der Waals surface area contributed by atoms with Gasteiger partial charge in [0.15, 0.2) is 5.11 Å². The highest BCUT2D eigenvalue weighted by atomic mass is 32.1. The normalized spacial score (nSPS) is 15.4. The number of anilines is 1. The molecule has 0 radical (unpaired) electrons. The number of nitrogens with one attached hydrogen (secondary N) is 1. The van der Waals surface area contributed by atoms with Gasteiger partial charge >= 0.3 is 0 Å². The molecule has 1 aromatic carbocycles. The van der Waals surface area contributed by atoms with E-state index in [2.05, 4.69) is 10.2 Å². The first-order valence-electron chi connectivity index (χ1n) is 5.08. The Kier molecular flexibility index (Phi) is 3.16. The molecule has 0 aliphatic carbocycles. The summed E-state index contributed by atoms with van der Waals surface area (Å²) in [5.41, 5.74) is 0.453. The van der Waals surface area contributed by atoms with Crippen molar-refractivity contribution in [3.63, 3.8) is 0 Å². The van der Waals surface area contributed by atoms with Crippen molar-refractivity contribution in [3.8, 4) is 0 Å². The van der Waals surface area contributed by atoms with Crippen LogP contribution in [0.2, 0.25) is 0 Å². The fourth-order valence-corrected chi connectivity index (χ4v) is 1.97. The molecule has 1 fully saturated rings. The van der Waals surface area contributed by atoms with E-state index in [4.69, 9.17) is 12.2 Å². The zero-order valence-electron chi connectivity index (χ0n) is 8.37. The second-order valence-corrected chi connectivity index (χ2v) is 3.99. The third-order valence-electron chi connectivity index (χ3n) is 2.51. The third-order valence-corrected chi connectivity index (χ3v) is 2.87. The highest BCUT2D eigenvalue weighted by Crippen LogP contribution is 2.15. The smallest absolute Gasteiger partial charge is 0.173 e. The summed E-state index contributed by atoms with van der Waals surface area (Å²) < 4.78 is 13.3. The Labute approximate surface area is 94.1 Å². The van der Waals surface area contributed by atoms with Crippen molar-refractivity contribution < 1.29 is 4.39 Å². The molecule has 0 atom stereocenters. The Morgan fingerprint density at radius 1 is 1.27 bits per heavy atom. The maximum absolute atomic E-state index is 13.3. The zero-order valence-corrected chi connectivity index (χ0v) is 9.19. The molecule has 0 amide bonds. The first-order valence-corrected chi connectivity index (χ1v) is 5.48. The van der Waals surface area contributed by atoms with Crippen molar-refractivity contribution >= 4 is 23.0 Å². The molecule has 4 heteroatoms. The molecule has 1 saturated heterocycles. The van der Waals surface area contributed by atoms with Gasteiger partial charge in [-0.05, 0) is 37.2 Å². The number of nitrogens with zero attached hydrogens (tertiary/aromatic N) is 1. The number of thiocarbonyl (C=S) groups is 1. The number of hydrogen-bond donors (Lipinski definition) is 1. The lowest BCUT2D eigenvalue weighted by molar-refractivity contribution is 0.527. The van der Waals surface area contributed by atoms with Crippen LogP contribution in [0, 0.1) is 5.82 Å². The Morgan fingerprint density at radius 3 is 2.60 bits per heavy atom. The van der Waals surface area contributed by atoms with Crippen LogP contribution in [0.1, 0.15) is 12.8 Å². The highest BCUT2D eigenvalue weighted by Gasteiger charge is 2.15. The predicted molar refractivity (Wildman–Crippen MR) is 63.4 cm³/mol. The van der Waals surface area contributed by atoms with E-state index in [1.54, 1.807) is 18.2 Å². The summed E-state index contributed by atoms with van der Waals surface area (Å²) in [6.07, 6.45) is 2.33. The van der Waals surface area contributed by atoms with Gasteiger partial charge in [-0.3, -0.25) is 0 Å². The van der Waals surface area contributed by atoms with Gasteiger partial charge in [0.1, 0.15) is 5.82 Å². The van der Waals surface area contributed by atoms with E-state index in [1.165, 1.54) is 18.9 Å². The molecule has 15 heavy (non-hydrogen) atoms. The van der Waals surface area contributed by atoms with Gasteiger partial charge in [-0.25, -0.2) is 4.39 Å². The van der Waals surface area contributed by atoms with Crippen LogP contribution in [0.5, 0.6) is 0 Å². The van der Waals surface area contributed by atoms with Crippen LogP contribution >= 0.6 is 12.2 Å². The quantitative estimate of drug-likeness (QED) is 0.738. The lowest BCUT2D eigenvalue weighted by atomic mass is 10.3. The van der Waals surface area contributed by atoms with E-state index >= 15 is 0 Å². The molecule has 0 spiro atoms. The Hall–Kier alpha value is -1.16. The van der Waals surface area contributed by atoms with Crippen molar-refractivity contribution in [2.24, 2.45) is 0 Å². The molecule has 1 aliphatic rings. The average molecular weight is 224 g/mol. The number of hydrogen-bond acceptors (Lipinski definition) is 1. The van der Waals surface area contributed by atoms with Crippen LogP contribution in [0.15, 0.2) is 24.3 Å². The minimum Gasteiger partial charge on any atom is -0.349 e. The number of likely N-dealkylation sites (tertiary alicyclic amines) is 1. The van der Waals surface area contributed by atoms with Gasteiger partial charge in [-0.2, -0.15) is 0 Å². The van der Waals surface area contributed by atoms with Gasteiger partial charge in [0.05, 0.1) is 5.69 Å². The molecule has 0 saturated carbocycles. The fourth-order valence-electron chi connectivity index (χ4n) is 1.68. The number of rotatable bonds is 1. The Balaban J connectivity index is 2.02. The van der Waals surface area contributed by atoms with E-state index in [0.29, 0.717) is 10.8 Å². The summed E-state index contributed by atoms with van der Waals surface area (Å²) in [4.78, 5) is 2.07. The van der Waals surface area contributed by atoms with E-state index in [9.17, 15) is 4.39 Å². The predicted octanol–water partition coefficient (Wildman–Crippen LogP) is 2.62. The van der Waals surface area contributed by atoms with Gasteiger partial charge in [-0.15, -0.1) is 0 Å². The topological polar surface area (TPSA) is 15.3 Å². The fraction of sp³-hybridized carbons (Fsp3) is 0.364. The summed E-state index contributed by atoms with van der Waals surface area (Å²) in [5.74, 6) is -0.265.